The fraction of sp³-hybridized carbons (Fsp3) is 0.562. The van der Waals surface area contributed by atoms with Crippen LogP contribution in [0.2, 0.25) is 0 Å². The summed E-state index contributed by atoms with van der Waals surface area (Å²) >= 11 is 0. The smallest absolute Gasteiger partial charge is 0.180 e. The van der Waals surface area contributed by atoms with Crippen molar-refractivity contribution in [1.82, 2.24) is 4.90 Å². The second kappa shape index (κ2) is 6.12. The Labute approximate surface area is 123 Å². The van der Waals surface area contributed by atoms with E-state index in [0.717, 1.165) is 31.4 Å². The molecule has 1 aromatic rings. The molecule has 2 aliphatic rings. The van der Waals surface area contributed by atoms with Crippen LogP contribution in [0.5, 0.6) is 5.75 Å². The number of carbonyl (C=O) groups is 1. The van der Waals surface area contributed by atoms with Crippen LogP contribution in [0, 0.1) is 5.82 Å². The van der Waals surface area contributed by atoms with Gasteiger partial charge in [-0.2, -0.15) is 0 Å². The van der Waals surface area contributed by atoms with Gasteiger partial charge in [0.1, 0.15) is 11.6 Å². The quantitative estimate of drug-likeness (QED) is 0.869. The lowest BCUT2D eigenvalue weighted by Crippen LogP contribution is -2.53. The first-order chi connectivity index (χ1) is 10.1. The fourth-order valence-corrected chi connectivity index (χ4v) is 3.37. The highest BCUT2D eigenvalue weighted by atomic mass is 19.1. The van der Waals surface area contributed by atoms with Gasteiger partial charge in [0.2, 0.25) is 0 Å². The number of nitrogens with zero attached hydrogens (tertiary/aromatic N) is 1. The highest BCUT2D eigenvalue weighted by molar-refractivity contribution is 6.00. The molecule has 114 valence electrons. The van der Waals surface area contributed by atoms with E-state index in [1.807, 2.05) is 0 Å². The number of ketones is 1. The van der Waals surface area contributed by atoms with Crippen LogP contribution in [-0.2, 0) is 4.74 Å². The van der Waals surface area contributed by atoms with Gasteiger partial charge in [0, 0.05) is 12.6 Å². The van der Waals surface area contributed by atoms with E-state index in [9.17, 15) is 14.3 Å². The number of carbonyl (C=O) groups excluding carboxylic acids is 1. The fourth-order valence-electron chi connectivity index (χ4n) is 3.37. The third kappa shape index (κ3) is 3.09. The average molecular weight is 293 g/mol. The van der Waals surface area contributed by atoms with Crippen LogP contribution < -0.4 is 0 Å². The molecule has 0 amide bonds. The van der Waals surface area contributed by atoms with Gasteiger partial charge < -0.3 is 9.84 Å². The van der Waals surface area contributed by atoms with E-state index in [0.29, 0.717) is 13.2 Å². The van der Waals surface area contributed by atoms with Gasteiger partial charge in [-0.15, -0.1) is 0 Å². The number of ether oxygens (including phenoxy) is 1. The van der Waals surface area contributed by atoms with Crippen LogP contribution in [0.1, 0.15) is 36.0 Å². The summed E-state index contributed by atoms with van der Waals surface area (Å²) in [6, 6.07) is 3.76. The molecule has 5 heteroatoms. The molecule has 0 spiro atoms. The highest BCUT2D eigenvalue weighted by Gasteiger charge is 2.35. The summed E-state index contributed by atoms with van der Waals surface area (Å²) in [7, 11) is 0. The Morgan fingerprint density at radius 1 is 1.38 bits per heavy atom. The maximum Gasteiger partial charge on any atom is 0.180 e. The van der Waals surface area contributed by atoms with Crippen molar-refractivity contribution in [3.05, 3.63) is 29.6 Å². The molecular weight excluding hydrogens is 273 g/mol. The lowest BCUT2D eigenvalue weighted by Gasteiger charge is -2.43. The van der Waals surface area contributed by atoms with Crippen molar-refractivity contribution < 1.29 is 19.0 Å². The molecule has 2 atom stereocenters. The number of rotatable bonds is 3. The number of benzene rings is 1. The van der Waals surface area contributed by atoms with Crippen LogP contribution >= 0.6 is 0 Å². The van der Waals surface area contributed by atoms with Crippen molar-refractivity contribution in [3.8, 4) is 5.75 Å². The van der Waals surface area contributed by atoms with E-state index in [1.54, 1.807) is 0 Å². The van der Waals surface area contributed by atoms with Crippen LogP contribution in [0.4, 0.5) is 4.39 Å². The maximum atomic E-state index is 13.3. The van der Waals surface area contributed by atoms with Gasteiger partial charge in [-0.1, -0.05) is 12.8 Å². The molecule has 2 unspecified atom stereocenters. The number of hydrogen-bond acceptors (Lipinski definition) is 4. The van der Waals surface area contributed by atoms with Crippen LogP contribution in [0.3, 0.4) is 0 Å². The third-order valence-corrected chi connectivity index (χ3v) is 4.45. The van der Waals surface area contributed by atoms with Crippen molar-refractivity contribution in [1.29, 1.82) is 0 Å². The Balaban J connectivity index is 1.72. The van der Waals surface area contributed by atoms with E-state index in [2.05, 4.69) is 4.90 Å². The molecule has 1 aromatic carbocycles. The zero-order chi connectivity index (χ0) is 14.8. The second-order valence-electron chi connectivity index (χ2n) is 5.82. The Morgan fingerprint density at radius 3 is 3.05 bits per heavy atom. The van der Waals surface area contributed by atoms with Crippen molar-refractivity contribution in [2.24, 2.45) is 0 Å². The number of fused-ring (bicyclic) bond motifs is 1. The van der Waals surface area contributed by atoms with E-state index < -0.39 is 5.82 Å². The van der Waals surface area contributed by atoms with E-state index in [-0.39, 0.29) is 35.8 Å². The molecular formula is C16H20FNO3. The van der Waals surface area contributed by atoms with Crippen LogP contribution in [-0.4, -0.2) is 47.6 Å². The van der Waals surface area contributed by atoms with Crippen molar-refractivity contribution in [3.63, 3.8) is 0 Å². The summed E-state index contributed by atoms with van der Waals surface area (Å²) in [6.45, 7) is 1.55. The first-order valence-electron chi connectivity index (χ1n) is 7.52. The van der Waals surface area contributed by atoms with Crippen molar-refractivity contribution in [2.75, 3.05) is 19.7 Å². The predicted molar refractivity (Wildman–Crippen MR) is 76.0 cm³/mol. The minimum Gasteiger partial charge on any atom is -0.507 e. The summed E-state index contributed by atoms with van der Waals surface area (Å²) in [5.41, 5.74) is 0.0638. The third-order valence-electron chi connectivity index (χ3n) is 4.45. The van der Waals surface area contributed by atoms with Gasteiger partial charge in [0.05, 0.1) is 24.8 Å². The van der Waals surface area contributed by atoms with Gasteiger partial charge in [-0.3, -0.25) is 9.69 Å². The Bertz CT molecular complexity index is 532. The van der Waals surface area contributed by atoms with E-state index >= 15 is 0 Å². The maximum absolute atomic E-state index is 13.3. The van der Waals surface area contributed by atoms with Gasteiger partial charge in [0.25, 0.3) is 0 Å². The number of halogens is 1. The molecule has 4 nitrogen and oxygen atoms in total. The molecule has 1 aliphatic heterocycles. The SMILES string of the molecule is O=C(CN1CCOC2CCCCC21)c1cc(F)ccc1O. The molecule has 3 rings (SSSR count). The number of phenolic OH excluding ortho intramolecular Hbond substituents is 1. The first kappa shape index (κ1) is 14.5. The number of morpholine rings is 1. The number of phenols is 1. The minimum absolute atomic E-state index is 0.0638. The summed E-state index contributed by atoms with van der Waals surface area (Å²) < 4.78 is 19.0. The normalized spacial score (nSPS) is 26.3. The lowest BCUT2D eigenvalue weighted by atomic mass is 9.90. The standard InChI is InChI=1S/C16H20FNO3/c17-11-5-6-14(19)12(9-11)15(20)10-18-7-8-21-16-4-2-1-3-13(16)18/h5-6,9,13,16,19H,1-4,7-8,10H2. The highest BCUT2D eigenvalue weighted by Crippen LogP contribution is 2.29. The van der Waals surface area contributed by atoms with Crippen molar-refractivity contribution in [2.45, 2.75) is 37.8 Å². The Hall–Kier alpha value is -1.46. The minimum atomic E-state index is -0.506. The van der Waals surface area contributed by atoms with Gasteiger partial charge in [-0.05, 0) is 31.0 Å². The molecule has 1 aliphatic carbocycles. The molecule has 0 aromatic heterocycles. The second-order valence-corrected chi connectivity index (χ2v) is 5.82. The molecule has 1 heterocycles. The van der Waals surface area contributed by atoms with Gasteiger partial charge in [-0.25, -0.2) is 4.39 Å². The monoisotopic (exact) mass is 293 g/mol. The van der Waals surface area contributed by atoms with Crippen molar-refractivity contribution >= 4 is 5.78 Å². The zero-order valence-electron chi connectivity index (χ0n) is 11.9. The zero-order valence-corrected chi connectivity index (χ0v) is 11.9. The summed E-state index contributed by atoms with van der Waals surface area (Å²) in [5, 5.41) is 9.74. The summed E-state index contributed by atoms with van der Waals surface area (Å²) in [5.74, 6) is -0.901. The van der Waals surface area contributed by atoms with Gasteiger partial charge >= 0.3 is 0 Å². The number of Topliss-reactive ketones (excluding diaryl/α,β-unsaturated/α-hetero) is 1. The average Bonchev–Trinajstić information content (AvgIpc) is 2.50. The predicted octanol–water partition coefficient (Wildman–Crippen LogP) is 2.36. The molecule has 1 saturated heterocycles. The molecule has 1 N–H and O–H groups in total. The van der Waals surface area contributed by atoms with E-state index in [1.165, 1.54) is 12.5 Å². The summed E-state index contributed by atoms with van der Waals surface area (Å²) in [4.78, 5) is 14.5. The first-order valence-corrected chi connectivity index (χ1v) is 7.52. The Kier molecular flexibility index (Phi) is 4.22. The number of aromatic hydroxyl groups is 1. The molecule has 0 radical (unpaired) electrons. The Morgan fingerprint density at radius 2 is 2.19 bits per heavy atom. The van der Waals surface area contributed by atoms with E-state index in [4.69, 9.17) is 4.74 Å². The summed E-state index contributed by atoms with van der Waals surface area (Å²) in [6.07, 6.45) is 4.61. The lowest BCUT2D eigenvalue weighted by molar-refractivity contribution is -0.0846. The molecule has 2 fully saturated rings. The van der Waals surface area contributed by atoms with Crippen LogP contribution in [0.25, 0.3) is 0 Å². The van der Waals surface area contributed by atoms with Crippen LogP contribution in [0.15, 0.2) is 18.2 Å². The largest absolute Gasteiger partial charge is 0.507 e. The van der Waals surface area contributed by atoms with Gasteiger partial charge in [0.15, 0.2) is 5.78 Å². The number of hydrogen-bond donors (Lipinski definition) is 1. The molecule has 1 saturated carbocycles. The topological polar surface area (TPSA) is 49.8 Å². The molecule has 21 heavy (non-hydrogen) atoms. The molecule has 0 bridgehead atoms.